The van der Waals surface area contributed by atoms with E-state index in [1.165, 1.54) is 20.2 Å². The van der Waals surface area contributed by atoms with Gasteiger partial charge in [-0.25, -0.2) is 14.2 Å². The number of aromatic nitrogens is 2. The van der Waals surface area contributed by atoms with Crippen LogP contribution in [0.2, 0.25) is 0 Å². The second-order valence-corrected chi connectivity index (χ2v) is 7.40. The minimum atomic E-state index is -1.38. The van der Waals surface area contributed by atoms with Gasteiger partial charge in [0.05, 0.1) is 26.2 Å². The number of carboxylic acids is 1. The molecule has 2 aromatic heterocycles. The normalized spacial score (nSPS) is 13.2. The number of nitrogens with zero attached hydrogens (tertiary/aromatic N) is 3. The Bertz CT molecular complexity index is 1250. The maximum absolute atomic E-state index is 15.0. The summed E-state index contributed by atoms with van der Waals surface area (Å²) in [6.07, 6.45) is 2.19. The number of carboxylic acid groups (broad SMARTS) is 1. The third-order valence-electron chi connectivity index (χ3n) is 5.59. The number of benzene rings is 1. The summed E-state index contributed by atoms with van der Waals surface area (Å²) in [6.45, 7) is 3.01. The monoisotopic (exact) mass is 427 g/mol. The minimum absolute atomic E-state index is 0.0332. The van der Waals surface area contributed by atoms with Gasteiger partial charge in [-0.2, -0.15) is 0 Å². The molecule has 3 heterocycles. The van der Waals surface area contributed by atoms with E-state index in [1.807, 2.05) is 0 Å². The van der Waals surface area contributed by atoms with Crippen molar-refractivity contribution < 1.29 is 23.8 Å². The fourth-order valence-electron chi connectivity index (χ4n) is 3.72. The summed E-state index contributed by atoms with van der Waals surface area (Å²) in [5.74, 6) is -0.666. The molecule has 1 aliphatic rings. The third-order valence-corrected chi connectivity index (χ3v) is 5.59. The van der Waals surface area contributed by atoms with Gasteiger partial charge in [-0.15, -0.1) is 0 Å². The number of carbonyl (C=O) groups is 1. The summed E-state index contributed by atoms with van der Waals surface area (Å²) in [6, 6.07) is 5.25. The molecule has 1 N–H and O–H groups in total. The highest BCUT2D eigenvalue weighted by Crippen LogP contribution is 2.30. The van der Waals surface area contributed by atoms with Crippen molar-refractivity contribution >= 4 is 22.8 Å². The highest BCUT2D eigenvalue weighted by Gasteiger charge is 2.26. The molecule has 162 valence electrons. The number of aryl methyl sites for hydroxylation is 1. The first-order valence-electron chi connectivity index (χ1n) is 9.78. The number of pyridine rings is 2. The van der Waals surface area contributed by atoms with Crippen molar-refractivity contribution in [3.63, 3.8) is 0 Å². The Balaban J connectivity index is 1.97. The number of aromatic carboxylic acids is 1. The van der Waals surface area contributed by atoms with Gasteiger partial charge in [0, 0.05) is 36.5 Å². The lowest BCUT2D eigenvalue weighted by Gasteiger charge is -2.33. The Morgan fingerprint density at radius 3 is 2.58 bits per heavy atom. The molecule has 0 spiro atoms. The topological polar surface area (TPSA) is 93.9 Å². The van der Waals surface area contributed by atoms with Crippen LogP contribution in [0.4, 0.5) is 10.2 Å². The van der Waals surface area contributed by atoms with Crippen LogP contribution in [0, 0.1) is 12.7 Å². The Hall–Kier alpha value is -3.62. The van der Waals surface area contributed by atoms with Crippen LogP contribution >= 0.6 is 0 Å². The SMILES string of the molecule is COc1ccc(Cn2cc(C(=O)O)c(=O)c3c(C)c(F)c(N4CCC4)nc32)c(OC)c1. The molecule has 0 unspecified atom stereocenters. The van der Waals surface area contributed by atoms with Crippen molar-refractivity contribution in [1.29, 1.82) is 0 Å². The summed E-state index contributed by atoms with van der Waals surface area (Å²) in [5.41, 5.74) is -0.150. The zero-order valence-electron chi connectivity index (χ0n) is 17.4. The lowest BCUT2D eigenvalue weighted by atomic mass is 10.1. The highest BCUT2D eigenvalue weighted by atomic mass is 19.1. The molecule has 3 aromatic rings. The van der Waals surface area contributed by atoms with Gasteiger partial charge in [-0.3, -0.25) is 4.79 Å². The zero-order valence-corrected chi connectivity index (χ0v) is 17.4. The van der Waals surface area contributed by atoms with Crippen LogP contribution in [0.25, 0.3) is 11.0 Å². The maximum Gasteiger partial charge on any atom is 0.341 e. The highest BCUT2D eigenvalue weighted by molar-refractivity contribution is 5.93. The summed E-state index contributed by atoms with van der Waals surface area (Å²) >= 11 is 0. The van der Waals surface area contributed by atoms with E-state index in [0.717, 1.165) is 12.0 Å². The van der Waals surface area contributed by atoms with Crippen LogP contribution in [0.5, 0.6) is 11.5 Å². The quantitative estimate of drug-likeness (QED) is 0.647. The van der Waals surface area contributed by atoms with Gasteiger partial charge in [0.2, 0.25) is 5.43 Å². The first-order valence-corrected chi connectivity index (χ1v) is 9.78. The lowest BCUT2D eigenvalue weighted by molar-refractivity contribution is 0.0695. The predicted octanol–water partition coefficient (Wildman–Crippen LogP) is 2.82. The van der Waals surface area contributed by atoms with Gasteiger partial charge < -0.3 is 24.0 Å². The van der Waals surface area contributed by atoms with Crippen LogP contribution in [-0.4, -0.2) is 47.9 Å². The van der Waals surface area contributed by atoms with E-state index in [1.54, 1.807) is 34.8 Å². The van der Waals surface area contributed by atoms with E-state index < -0.39 is 22.8 Å². The fraction of sp³-hybridized carbons (Fsp3) is 0.318. The van der Waals surface area contributed by atoms with E-state index in [2.05, 4.69) is 4.98 Å². The van der Waals surface area contributed by atoms with Gasteiger partial charge >= 0.3 is 5.97 Å². The van der Waals surface area contributed by atoms with Gasteiger partial charge in [0.1, 0.15) is 22.7 Å². The number of halogens is 1. The Morgan fingerprint density at radius 2 is 2.00 bits per heavy atom. The van der Waals surface area contributed by atoms with Crippen LogP contribution in [0.3, 0.4) is 0 Å². The molecular weight excluding hydrogens is 405 g/mol. The smallest absolute Gasteiger partial charge is 0.341 e. The third kappa shape index (κ3) is 3.45. The Morgan fingerprint density at radius 1 is 1.26 bits per heavy atom. The summed E-state index contributed by atoms with van der Waals surface area (Å²) in [7, 11) is 3.06. The standard InChI is InChI=1S/C22H22FN3O5/c1-12-17-19(27)15(22(28)29)11-26(10-13-5-6-14(30-2)9-16(13)31-3)20(17)24-21(18(12)23)25-7-4-8-25/h5-6,9,11H,4,7-8,10H2,1-3H3,(H,28,29). The molecule has 1 fully saturated rings. The van der Waals surface area contributed by atoms with Crippen molar-refractivity contribution in [3.05, 3.63) is 57.1 Å². The molecular formula is C22H22FN3O5. The number of anilines is 1. The molecule has 0 radical (unpaired) electrons. The Labute approximate surface area is 177 Å². The van der Waals surface area contributed by atoms with Crippen molar-refractivity contribution in [3.8, 4) is 11.5 Å². The predicted molar refractivity (Wildman–Crippen MR) is 113 cm³/mol. The number of ether oxygens (including phenoxy) is 2. The molecule has 4 rings (SSSR count). The zero-order chi connectivity index (χ0) is 22.3. The minimum Gasteiger partial charge on any atom is -0.497 e. The summed E-state index contributed by atoms with van der Waals surface area (Å²) < 4.78 is 27.3. The average molecular weight is 427 g/mol. The van der Waals surface area contributed by atoms with Gasteiger partial charge in [-0.1, -0.05) is 0 Å². The largest absolute Gasteiger partial charge is 0.497 e. The summed E-state index contributed by atoms with van der Waals surface area (Å²) in [4.78, 5) is 30.9. The molecule has 0 bridgehead atoms. The van der Waals surface area contributed by atoms with Crippen molar-refractivity contribution in [1.82, 2.24) is 9.55 Å². The van der Waals surface area contributed by atoms with Gasteiger partial charge in [-0.05, 0) is 25.5 Å². The van der Waals surface area contributed by atoms with Gasteiger partial charge in [0.25, 0.3) is 0 Å². The molecule has 0 aliphatic carbocycles. The van der Waals surface area contributed by atoms with E-state index in [0.29, 0.717) is 24.6 Å². The summed E-state index contributed by atoms with van der Waals surface area (Å²) in [5, 5.41) is 9.52. The molecule has 9 heteroatoms. The number of hydrogen-bond acceptors (Lipinski definition) is 6. The van der Waals surface area contributed by atoms with E-state index in [-0.39, 0.29) is 29.0 Å². The van der Waals surface area contributed by atoms with Crippen LogP contribution in [0.1, 0.15) is 27.9 Å². The lowest BCUT2D eigenvalue weighted by Crippen LogP contribution is -2.38. The number of methoxy groups -OCH3 is 2. The molecule has 8 nitrogen and oxygen atoms in total. The van der Waals surface area contributed by atoms with Crippen molar-refractivity contribution in [2.24, 2.45) is 0 Å². The first kappa shape index (κ1) is 20.6. The number of rotatable bonds is 6. The molecule has 31 heavy (non-hydrogen) atoms. The van der Waals surface area contributed by atoms with E-state index in [9.17, 15) is 14.7 Å². The van der Waals surface area contributed by atoms with E-state index >= 15 is 4.39 Å². The second-order valence-electron chi connectivity index (χ2n) is 7.40. The Kier molecular flexibility index (Phi) is 5.26. The van der Waals surface area contributed by atoms with Crippen LogP contribution < -0.4 is 19.8 Å². The van der Waals surface area contributed by atoms with Crippen LogP contribution in [0.15, 0.2) is 29.2 Å². The number of hydrogen-bond donors (Lipinski definition) is 1. The van der Waals surface area contributed by atoms with Crippen molar-refractivity contribution in [2.45, 2.75) is 19.9 Å². The fourth-order valence-corrected chi connectivity index (χ4v) is 3.72. The maximum atomic E-state index is 15.0. The van der Waals surface area contributed by atoms with Gasteiger partial charge in [0.15, 0.2) is 11.6 Å². The molecule has 0 saturated carbocycles. The molecule has 0 amide bonds. The average Bonchev–Trinajstić information content (AvgIpc) is 2.71. The first-order chi connectivity index (χ1) is 14.8. The van der Waals surface area contributed by atoms with E-state index in [4.69, 9.17) is 9.47 Å². The second kappa shape index (κ2) is 7.90. The molecule has 0 atom stereocenters. The van der Waals surface area contributed by atoms with Crippen molar-refractivity contribution in [2.75, 3.05) is 32.2 Å². The number of fused-ring (bicyclic) bond motifs is 1. The van der Waals surface area contributed by atoms with Crippen LogP contribution in [-0.2, 0) is 6.54 Å². The molecule has 1 aromatic carbocycles. The molecule has 1 saturated heterocycles. The molecule has 1 aliphatic heterocycles.